The van der Waals surface area contributed by atoms with E-state index in [0.717, 1.165) is 16.7 Å². The Balaban J connectivity index is 1.99. The Morgan fingerprint density at radius 2 is 1.87 bits per heavy atom. The molecule has 3 heteroatoms. The lowest BCUT2D eigenvalue weighted by Crippen LogP contribution is -2.19. The van der Waals surface area contributed by atoms with Gasteiger partial charge in [-0.1, -0.05) is 61.4 Å². The Morgan fingerprint density at radius 3 is 2.57 bits per heavy atom. The van der Waals surface area contributed by atoms with Crippen LogP contribution in [-0.4, -0.2) is 11.0 Å². The van der Waals surface area contributed by atoms with Crippen molar-refractivity contribution in [1.29, 1.82) is 0 Å². The van der Waals surface area contributed by atoms with Crippen molar-refractivity contribution in [2.75, 3.05) is 5.32 Å². The molecule has 2 N–H and O–H groups in total. The predicted molar refractivity (Wildman–Crippen MR) is 128 cm³/mol. The summed E-state index contributed by atoms with van der Waals surface area (Å²) in [4.78, 5) is 12.2. The highest BCUT2D eigenvalue weighted by Gasteiger charge is 2.26. The monoisotopic (exact) mass is 405 g/mol. The molecule has 0 aromatic heterocycles. The van der Waals surface area contributed by atoms with Crippen molar-refractivity contribution in [2.24, 2.45) is 5.41 Å². The zero-order valence-electron chi connectivity index (χ0n) is 19.2. The fraction of sp³-hybridized carbons (Fsp3) is 0.370. The van der Waals surface area contributed by atoms with Crippen LogP contribution < -0.4 is 5.32 Å². The van der Waals surface area contributed by atoms with Crippen molar-refractivity contribution < 1.29 is 9.90 Å². The molecule has 0 atom stereocenters. The highest BCUT2D eigenvalue weighted by atomic mass is 16.3. The Morgan fingerprint density at radius 1 is 1.13 bits per heavy atom. The quantitative estimate of drug-likeness (QED) is 0.299. The lowest BCUT2D eigenvalue weighted by molar-refractivity contribution is -0.112. The summed E-state index contributed by atoms with van der Waals surface area (Å²) in [5.41, 5.74) is 6.58. The molecule has 2 rings (SSSR count). The molecule has 0 aliphatic heterocycles. The maximum absolute atomic E-state index is 12.2. The van der Waals surface area contributed by atoms with E-state index in [0.29, 0.717) is 5.69 Å². The van der Waals surface area contributed by atoms with Crippen molar-refractivity contribution >= 4 is 11.6 Å². The second-order valence-electron chi connectivity index (χ2n) is 8.93. The molecule has 1 aliphatic rings. The van der Waals surface area contributed by atoms with Crippen LogP contribution in [0.5, 0.6) is 5.75 Å². The summed E-state index contributed by atoms with van der Waals surface area (Å²) in [6, 6.07) is 5.12. The molecule has 0 bridgehead atoms. The third-order valence-corrected chi connectivity index (χ3v) is 5.54. The molecule has 1 amide bonds. The van der Waals surface area contributed by atoms with Crippen LogP contribution in [0.4, 0.5) is 5.69 Å². The average Bonchev–Trinajstić information content (AvgIpc) is 2.63. The van der Waals surface area contributed by atoms with Crippen molar-refractivity contribution in [1.82, 2.24) is 0 Å². The average molecular weight is 406 g/mol. The number of phenols is 1. The number of hydrogen-bond donors (Lipinski definition) is 2. The van der Waals surface area contributed by atoms with E-state index in [-0.39, 0.29) is 17.1 Å². The number of nitrogens with one attached hydrogen (secondary N) is 1. The van der Waals surface area contributed by atoms with Gasteiger partial charge in [0.25, 0.3) is 0 Å². The minimum atomic E-state index is -0.263. The van der Waals surface area contributed by atoms with Crippen LogP contribution in [0.1, 0.15) is 59.4 Å². The zero-order valence-corrected chi connectivity index (χ0v) is 19.2. The van der Waals surface area contributed by atoms with E-state index in [1.165, 1.54) is 36.5 Å². The summed E-state index contributed by atoms with van der Waals surface area (Å²) in [5.74, 6) is -0.201. The minimum absolute atomic E-state index is 0.0624. The smallest absolute Gasteiger partial charge is 0.248 e. The highest BCUT2D eigenvalue weighted by molar-refractivity contribution is 6.00. The van der Waals surface area contributed by atoms with Crippen LogP contribution in [0.2, 0.25) is 0 Å². The molecule has 1 aromatic carbocycles. The first-order valence-corrected chi connectivity index (χ1v) is 10.6. The number of carbonyl (C=O) groups excluding carboxylic acids is 1. The zero-order chi connectivity index (χ0) is 22.3. The summed E-state index contributed by atoms with van der Waals surface area (Å²) in [7, 11) is 0. The van der Waals surface area contributed by atoms with E-state index in [1.54, 1.807) is 18.2 Å². The molecule has 0 fully saturated rings. The second kappa shape index (κ2) is 10.3. The first kappa shape index (κ1) is 23.5. The van der Waals surface area contributed by atoms with Crippen molar-refractivity contribution in [3.63, 3.8) is 0 Å². The van der Waals surface area contributed by atoms with Gasteiger partial charge in [0.15, 0.2) is 0 Å². The van der Waals surface area contributed by atoms with Gasteiger partial charge in [-0.2, -0.15) is 0 Å². The number of phenolic OH excluding ortho intramolecular Hbond substituents is 1. The molecule has 0 saturated heterocycles. The van der Waals surface area contributed by atoms with Gasteiger partial charge in [-0.3, -0.25) is 4.79 Å². The van der Waals surface area contributed by atoms with Gasteiger partial charge in [-0.25, -0.2) is 0 Å². The van der Waals surface area contributed by atoms with E-state index < -0.39 is 0 Å². The predicted octanol–water partition coefficient (Wildman–Crippen LogP) is 7.17. The van der Waals surface area contributed by atoms with Crippen LogP contribution >= 0.6 is 0 Å². The van der Waals surface area contributed by atoms with Gasteiger partial charge in [0, 0.05) is 6.08 Å². The molecule has 0 heterocycles. The maximum atomic E-state index is 12.2. The Hall–Kier alpha value is -2.81. The molecule has 1 aromatic rings. The third kappa shape index (κ3) is 6.91. The van der Waals surface area contributed by atoms with Gasteiger partial charge in [0.1, 0.15) is 5.75 Å². The molecule has 3 nitrogen and oxygen atoms in total. The summed E-state index contributed by atoms with van der Waals surface area (Å²) >= 11 is 0. The van der Waals surface area contributed by atoms with Crippen molar-refractivity contribution in [3.8, 4) is 5.75 Å². The fourth-order valence-corrected chi connectivity index (χ4v) is 3.81. The minimum Gasteiger partial charge on any atom is -0.506 e. The van der Waals surface area contributed by atoms with Crippen molar-refractivity contribution in [2.45, 2.75) is 60.8 Å². The van der Waals surface area contributed by atoms with E-state index in [9.17, 15) is 9.90 Å². The number of benzene rings is 1. The number of hydrogen-bond acceptors (Lipinski definition) is 2. The number of anilines is 1. The molecule has 0 saturated carbocycles. The van der Waals surface area contributed by atoms with E-state index in [1.807, 2.05) is 32.1 Å². The van der Waals surface area contributed by atoms with Gasteiger partial charge in [-0.15, -0.1) is 0 Å². The van der Waals surface area contributed by atoms with Crippen LogP contribution in [0.3, 0.4) is 0 Å². The van der Waals surface area contributed by atoms with Gasteiger partial charge >= 0.3 is 0 Å². The Kier molecular flexibility index (Phi) is 8.05. The van der Waals surface area contributed by atoms with Gasteiger partial charge < -0.3 is 10.4 Å². The molecule has 0 unspecified atom stereocenters. The van der Waals surface area contributed by atoms with Crippen LogP contribution in [-0.2, 0) is 4.79 Å². The van der Waals surface area contributed by atoms with Gasteiger partial charge in [0.05, 0.1) is 5.69 Å². The van der Waals surface area contributed by atoms with Crippen LogP contribution in [0.15, 0.2) is 76.9 Å². The number of amides is 1. The Labute approximate surface area is 181 Å². The first-order chi connectivity index (χ1) is 14.1. The topological polar surface area (TPSA) is 49.3 Å². The summed E-state index contributed by atoms with van der Waals surface area (Å²) in [5, 5.41) is 12.6. The summed E-state index contributed by atoms with van der Waals surface area (Å²) in [6.07, 6.45) is 15.6. The fourth-order valence-electron chi connectivity index (χ4n) is 3.81. The van der Waals surface area contributed by atoms with E-state index in [4.69, 9.17) is 0 Å². The largest absolute Gasteiger partial charge is 0.506 e. The van der Waals surface area contributed by atoms with Gasteiger partial charge in [-0.05, 0) is 81.2 Å². The summed E-state index contributed by atoms with van der Waals surface area (Å²) < 4.78 is 0. The molecule has 30 heavy (non-hydrogen) atoms. The van der Waals surface area contributed by atoms with E-state index >= 15 is 0 Å². The molecule has 160 valence electrons. The molecule has 0 radical (unpaired) electrons. The van der Waals surface area contributed by atoms with Gasteiger partial charge in [0.2, 0.25) is 5.91 Å². The SMILES string of the molecule is CC(C=CC1=C(C)CCCC1(C)C)=CC=CC(C)=CC(=O)Nc1cc(C)ccc1O. The molecule has 1 aliphatic carbocycles. The number of aryl methyl sites for hydroxylation is 1. The Bertz CT molecular complexity index is 940. The number of aromatic hydroxyl groups is 1. The van der Waals surface area contributed by atoms with E-state index in [2.05, 4.69) is 45.2 Å². The standard InChI is InChI=1S/C27H35NO2/c1-19(12-14-23-22(4)11-8-16-27(23,5)6)9-7-10-20(2)18-26(30)28-24-17-21(3)13-15-25(24)29/h7,9-10,12-15,17-18,29H,8,11,16H2,1-6H3,(H,28,30). The van der Waals surface area contributed by atoms with Crippen molar-refractivity contribution in [3.05, 3.63) is 82.5 Å². The van der Waals surface area contributed by atoms with Crippen LogP contribution in [0, 0.1) is 12.3 Å². The normalized spacial score (nSPS) is 17.8. The lowest BCUT2D eigenvalue weighted by atomic mass is 9.72. The molecule has 0 spiro atoms. The maximum Gasteiger partial charge on any atom is 0.248 e. The highest BCUT2D eigenvalue weighted by Crippen LogP contribution is 2.40. The lowest BCUT2D eigenvalue weighted by Gasteiger charge is -2.32. The molecular formula is C27H35NO2. The third-order valence-electron chi connectivity index (χ3n) is 5.54. The number of carbonyl (C=O) groups is 1. The molecular weight excluding hydrogens is 370 g/mol. The van der Waals surface area contributed by atoms with Crippen LogP contribution in [0.25, 0.3) is 0 Å². The summed E-state index contributed by atoms with van der Waals surface area (Å²) in [6.45, 7) is 12.8. The second-order valence-corrected chi connectivity index (χ2v) is 8.93. The number of allylic oxidation sites excluding steroid dienone is 9. The first-order valence-electron chi connectivity index (χ1n) is 10.6. The number of rotatable bonds is 6.